The highest BCUT2D eigenvalue weighted by atomic mass is 35.5. The first-order chi connectivity index (χ1) is 8.66. The average Bonchev–Trinajstić information content (AvgIpc) is 2.62. The maximum Gasteiger partial charge on any atom is 0.227 e. The van der Waals surface area contributed by atoms with Crippen molar-refractivity contribution in [2.45, 2.75) is 12.8 Å². The number of halogens is 3. The summed E-state index contributed by atoms with van der Waals surface area (Å²) in [7, 11) is 0. The fourth-order valence-corrected chi connectivity index (χ4v) is 2.03. The molecule has 0 bridgehead atoms. The van der Waals surface area contributed by atoms with Crippen LogP contribution in [-0.4, -0.2) is 37.0 Å². The molecule has 1 fully saturated rings. The van der Waals surface area contributed by atoms with E-state index in [0.29, 0.717) is 12.1 Å². The third kappa shape index (κ3) is 4.44. The maximum absolute atomic E-state index is 13.0. The van der Waals surface area contributed by atoms with Crippen molar-refractivity contribution in [1.29, 1.82) is 0 Å². The molecule has 1 N–H and O–H groups in total. The van der Waals surface area contributed by atoms with Gasteiger partial charge in [-0.2, -0.15) is 0 Å². The van der Waals surface area contributed by atoms with Crippen LogP contribution in [0.15, 0.2) is 18.2 Å². The lowest BCUT2D eigenvalue weighted by molar-refractivity contribution is -0.130. The van der Waals surface area contributed by atoms with E-state index in [2.05, 4.69) is 5.32 Å². The summed E-state index contributed by atoms with van der Waals surface area (Å²) in [6.07, 6.45) is 1.04. The molecular weight excluding hydrogens is 274 g/mol. The molecule has 1 aliphatic heterocycles. The Morgan fingerprint density at radius 1 is 1.21 bits per heavy atom. The van der Waals surface area contributed by atoms with E-state index < -0.39 is 11.6 Å². The number of benzene rings is 1. The molecule has 0 saturated carbocycles. The smallest absolute Gasteiger partial charge is 0.227 e. The highest BCUT2D eigenvalue weighted by Crippen LogP contribution is 2.10. The third-order valence-electron chi connectivity index (χ3n) is 3.03. The lowest BCUT2D eigenvalue weighted by Crippen LogP contribution is -2.35. The molecule has 0 atom stereocenters. The van der Waals surface area contributed by atoms with Gasteiger partial charge < -0.3 is 10.2 Å². The second-order valence-corrected chi connectivity index (χ2v) is 4.41. The summed E-state index contributed by atoms with van der Waals surface area (Å²) >= 11 is 0. The molecule has 1 aromatic rings. The molecule has 3 nitrogen and oxygen atoms in total. The summed E-state index contributed by atoms with van der Waals surface area (Å²) < 4.78 is 25.8. The molecular formula is C13H17ClF2N2O. The second kappa shape index (κ2) is 7.40. The number of amides is 1. The SMILES string of the molecule is Cl.O=C(Cc1ccc(F)c(F)c1)N1CCCNCC1. The van der Waals surface area contributed by atoms with Crippen molar-refractivity contribution in [3.05, 3.63) is 35.4 Å². The van der Waals surface area contributed by atoms with Gasteiger partial charge in [0.05, 0.1) is 6.42 Å². The van der Waals surface area contributed by atoms with Gasteiger partial charge in [0.2, 0.25) is 5.91 Å². The first-order valence-electron chi connectivity index (χ1n) is 6.09. The monoisotopic (exact) mass is 290 g/mol. The van der Waals surface area contributed by atoms with E-state index in [4.69, 9.17) is 0 Å². The maximum atomic E-state index is 13.0. The number of carbonyl (C=O) groups is 1. The van der Waals surface area contributed by atoms with Crippen molar-refractivity contribution < 1.29 is 13.6 Å². The van der Waals surface area contributed by atoms with E-state index in [9.17, 15) is 13.6 Å². The first kappa shape index (κ1) is 15.9. The Labute approximate surface area is 117 Å². The summed E-state index contributed by atoms with van der Waals surface area (Å²) in [5.41, 5.74) is 0.510. The van der Waals surface area contributed by atoms with Gasteiger partial charge in [0.1, 0.15) is 0 Å². The molecule has 1 saturated heterocycles. The van der Waals surface area contributed by atoms with Crippen LogP contribution in [0, 0.1) is 11.6 Å². The number of hydrogen-bond donors (Lipinski definition) is 1. The van der Waals surface area contributed by atoms with Gasteiger partial charge in [-0.3, -0.25) is 4.79 Å². The van der Waals surface area contributed by atoms with Crippen LogP contribution < -0.4 is 5.32 Å². The minimum atomic E-state index is -0.905. The Kier molecular flexibility index (Phi) is 6.18. The minimum absolute atomic E-state index is 0. The van der Waals surface area contributed by atoms with Crippen LogP contribution in [0.2, 0.25) is 0 Å². The zero-order valence-electron chi connectivity index (χ0n) is 10.5. The summed E-state index contributed by atoms with van der Waals surface area (Å²) in [5, 5.41) is 3.21. The predicted molar refractivity (Wildman–Crippen MR) is 71.4 cm³/mol. The van der Waals surface area contributed by atoms with Gasteiger partial charge >= 0.3 is 0 Å². The third-order valence-corrected chi connectivity index (χ3v) is 3.03. The van der Waals surface area contributed by atoms with Crippen molar-refractivity contribution in [3.63, 3.8) is 0 Å². The fraction of sp³-hybridized carbons (Fsp3) is 0.462. The topological polar surface area (TPSA) is 32.3 Å². The van der Waals surface area contributed by atoms with Gasteiger partial charge in [-0.25, -0.2) is 8.78 Å². The van der Waals surface area contributed by atoms with Crippen LogP contribution in [-0.2, 0) is 11.2 Å². The minimum Gasteiger partial charge on any atom is -0.341 e. The van der Waals surface area contributed by atoms with Gasteiger partial charge in [0.25, 0.3) is 0 Å². The molecule has 0 unspecified atom stereocenters. The molecule has 1 aliphatic rings. The summed E-state index contributed by atoms with van der Waals surface area (Å²) in [5.74, 6) is -1.83. The average molecular weight is 291 g/mol. The molecule has 0 aromatic heterocycles. The molecule has 6 heteroatoms. The first-order valence-corrected chi connectivity index (χ1v) is 6.09. The van der Waals surface area contributed by atoms with Gasteiger partial charge in [0.15, 0.2) is 11.6 Å². The normalized spacial score (nSPS) is 15.6. The zero-order chi connectivity index (χ0) is 13.0. The summed E-state index contributed by atoms with van der Waals surface area (Å²) in [4.78, 5) is 13.8. The van der Waals surface area contributed by atoms with Gasteiger partial charge in [-0.15, -0.1) is 12.4 Å². The molecule has 19 heavy (non-hydrogen) atoms. The van der Waals surface area contributed by atoms with E-state index in [1.54, 1.807) is 4.90 Å². The molecule has 106 valence electrons. The number of nitrogens with zero attached hydrogens (tertiary/aromatic N) is 1. The van der Waals surface area contributed by atoms with Crippen LogP contribution in [0.1, 0.15) is 12.0 Å². The Balaban J connectivity index is 0.00000180. The van der Waals surface area contributed by atoms with Crippen LogP contribution in [0.3, 0.4) is 0 Å². The molecule has 1 aromatic carbocycles. The molecule has 2 rings (SSSR count). The number of rotatable bonds is 2. The van der Waals surface area contributed by atoms with Crippen LogP contribution in [0.4, 0.5) is 8.78 Å². The zero-order valence-corrected chi connectivity index (χ0v) is 11.3. The van der Waals surface area contributed by atoms with Crippen molar-refractivity contribution in [2.75, 3.05) is 26.2 Å². The summed E-state index contributed by atoms with van der Waals surface area (Å²) in [6.45, 7) is 3.08. The Morgan fingerprint density at radius 2 is 2.00 bits per heavy atom. The lowest BCUT2D eigenvalue weighted by Gasteiger charge is -2.19. The van der Waals surface area contributed by atoms with Gasteiger partial charge in [-0.05, 0) is 30.7 Å². The molecule has 0 spiro atoms. The van der Waals surface area contributed by atoms with Crippen LogP contribution >= 0.6 is 12.4 Å². The lowest BCUT2D eigenvalue weighted by atomic mass is 10.1. The van der Waals surface area contributed by atoms with E-state index in [1.807, 2.05) is 0 Å². The number of nitrogens with one attached hydrogen (secondary N) is 1. The van der Waals surface area contributed by atoms with Gasteiger partial charge in [-0.1, -0.05) is 6.07 Å². The van der Waals surface area contributed by atoms with Crippen LogP contribution in [0.5, 0.6) is 0 Å². The highest BCUT2D eigenvalue weighted by molar-refractivity contribution is 5.85. The van der Waals surface area contributed by atoms with E-state index in [1.165, 1.54) is 6.07 Å². The second-order valence-electron chi connectivity index (χ2n) is 4.41. The Hall–Kier alpha value is -1.20. The molecule has 0 radical (unpaired) electrons. The molecule has 0 aliphatic carbocycles. The largest absolute Gasteiger partial charge is 0.341 e. The highest BCUT2D eigenvalue weighted by Gasteiger charge is 2.16. The van der Waals surface area contributed by atoms with Crippen molar-refractivity contribution >= 4 is 18.3 Å². The standard InChI is InChI=1S/C13H16F2N2O.ClH/c14-11-3-2-10(8-12(11)15)9-13(18)17-6-1-4-16-5-7-17;/h2-3,8,16H,1,4-7,9H2;1H. The fourth-order valence-electron chi connectivity index (χ4n) is 2.03. The van der Waals surface area contributed by atoms with Crippen molar-refractivity contribution in [1.82, 2.24) is 10.2 Å². The van der Waals surface area contributed by atoms with E-state index in [-0.39, 0.29) is 24.7 Å². The van der Waals surface area contributed by atoms with Crippen molar-refractivity contribution in [2.24, 2.45) is 0 Å². The Bertz CT molecular complexity index is 435. The summed E-state index contributed by atoms with van der Waals surface area (Å²) in [6, 6.07) is 3.59. The number of hydrogen-bond acceptors (Lipinski definition) is 2. The number of carbonyl (C=O) groups excluding carboxylic acids is 1. The van der Waals surface area contributed by atoms with Gasteiger partial charge in [0, 0.05) is 19.6 Å². The Morgan fingerprint density at radius 3 is 2.74 bits per heavy atom. The van der Waals surface area contributed by atoms with Crippen LogP contribution in [0.25, 0.3) is 0 Å². The molecule has 1 heterocycles. The van der Waals surface area contributed by atoms with Crippen molar-refractivity contribution in [3.8, 4) is 0 Å². The molecule has 1 amide bonds. The quantitative estimate of drug-likeness (QED) is 0.900. The predicted octanol–water partition coefficient (Wildman–Crippen LogP) is 1.75. The van der Waals surface area contributed by atoms with E-state index in [0.717, 1.165) is 38.2 Å². The van der Waals surface area contributed by atoms with E-state index >= 15 is 0 Å².